The van der Waals surface area contributed by atoms with Crippen molar-refractivity contribution in [3.05, 3.63) is 89.0 Å². The molecule has 2 aliphatic heterocycles. The number of nitrogens with two attached hydrogens (primary N) is 1. The van der Waals surface area contributed by atoms with Crippen LogP contribution in [0.3, 0.4) is 0 Å². The highest BCUT2D eigenvalue weighted by Gasteiger charge is 2.45. The summed E-state index contributed by atoms with van der Waals surface area (Å²) in [4.78, 5) is 32.1. The lowest BCUT2D eigenvalue weighted by atomic mass is 9.70. The van der Waals surface area contributed by atoms with Crippen molar-refractivity contribution in [2.75, 3.05) is 26.2 Å². The summed E-state index contributed by atoms with van der Waals surface area (Å²) in [7, 11) is 0. The molecule has 3 heterocycles. The van der Waals surface area contributed by atoms with Gasteiger partial charge in [-0.05, 0) is 56.0 Å². The number of fused-ring (bicyclic) bond motifs is 4. The highest BCUT2D eigenvalue weighted by atomic mass is 35.5. The Hall–Kier alpha value is -3.16. The summed E-state index contributed by atoms with van der Waals surface area (Å²) in [6, 6.07) is 18.4. The fourth-order valence-electron chi connectivity index (χ4n) is 5.85. The minimum absolute atomic E-state index is 0. The van der Waals surface area contributed by atoms with E-state index in [0.29, 0.717) is 25.4 Å². The zero-order chi connectivity index (χ0) is 24.4. The number of esters is 1. The van der Waals surface area contributed by atoms with Crippen molar-refractivity contribution in [2.45, 2.75) is 44.1 Å². The summed E-state index contributed by atoms with van der Waals surface area (Å²) >= 11 is 0. The second-order valence-corrected chi connectivity index (χ2v) is 9.49. The van der Waals surface area contributed by atoms with E-state index >= 15 is 0 Å². The fraction of sp³-hybridized carbons (Fsp3) is 0.393. The van der Waals surface area contributed by atoms with Gasteiger partial charge in [0.15, 0.2) is 0 Å². The molecule has 8 heteroatoms. The average molecular weight is 509 g/mol. The van der Waals surface area contributed by atoms with Crippen LogP contribution in [0.2, 0.25) is 0 Å². The Bertz CT molecular complexity index is 1220. The van der Waals surface area contributed by atoms with Gasteiger partial charge in [-0.3, -0.25) is 9.59 Å². The summed E-state index contributed by atoms with van der Waals surface area (Å²) < 4.78 is 7.45. The van der Waals surface area contributed by atoms with E-state index in [1.54, 1.807) is 6.20 Å². The molecule has 1 fully saturated rings. The predicted octanol–water partition coefficient (Wildman–Crippen LogP) is 3.69. The standard InChI is InChI=1S/C28H32N4O3.ClH/c1-2-35-26(34)22(20-8-4-3-5-9-20)19-31-16-13-28(14-17-31)23-11-7-6-10-21(23)12-15-32-24(25(29)33)18-30-27(28)32;/h3-11,18,22H,2,12-17,19H2,1H3,(H2,29,33);1H. The molecule has 1 aromatic heterocycles. The van der Waals surface area contributed by atoms with Gasteiger partial charge in [0, 0.05) is 13.1 Å². The number of nitrogens with zero attached hydrogens (tertiary/aromatic N) is 3. The maximum Gasteiger partial charge on any atom is 0.314 e. The van der Waals surface area contributed by atoms with Crippen molar-refractivity contribution in [1.82, 2.24) is 14.5 Å². The molecule has 2 N–H and O–H groups in total. The number of hydrogen-bond acceptors (Lipinski definition) is 5. The number of imidazole rings is 1. The molecule has 1 spiro atoms. The van der Waals surface area contributed by atoms with Crippen LogP contribution in [0.25, 0.3) is 0 Å². The van der Waals surface area contributed by atoms with E-state index in [4.69, 9.17) is 15.5 Å². The topological polar surface area (TPSA) is 90.5 Å². The molecule has 3 aromatic rings. The Morgan fingerprint density at radius 2 is 1.75 bits per heavy atom. The third-order valence-corrected chi connectivity index (χ3v) is 7.60. The number of likely N-dealkylation sites (tertiary alicyclic amines) is 1. The van der Waals surface area contributed by atoms with Gasteiger partial charge in [-0.2, -0.15) is 0 Å². The molecule has 0 saturated carbocycles. The summed E-state index contributed by atoms with van der Waals surface area (Å²) in [5.74, 6) is -0.0150. The number of benzene rings is 2. The van der Waals surface area contributed by atoms with E-state index in [2.05, 4.69) is 29.2 Å². The predicted molar refractivity (Wildman–Crippen MR) is 140 cm³/mol. The molecular formula is C28H33ClN4O3. The zero-order valence-corrected chi connectivity index (χ0v) is 21.4. The molecule has 0 radical (unpaired) electrons. The van der Waals surface area contributed by atoms with E-state index in [0.717, 1.165) is 43.7 Å². The lowest BCUT2D eigenvalue weighted by Gasteiger charge is -2.42. The molecular weight excluding hydrogens is 476 g/mol. The SMILES string of the molecule is CCOC(=O)C(CN1CCC2(CC1)c1ccccc1CCn1c(C(N)=O)cnc12)c1ccccc1.Cl. The number of primary amides is 1. The van der Waals surface area contributed by atoms with Crippen molar-refractivity contribution in [1.29, 1.82) is 0 Å². The van der Waals surface area contributed by atoms with Crippen molar-refractivity contribution in [2.24, 2.45) is 5.73 Å². The van der Waals surface area contributed by atoms with E-state index < -0.39 is 5.91 Å². The first-order valence-electron chi connectivity index (χ1n) is 12.4. The first-order chi connectivity index (χ1) is 17.0. The van der Waals surface area contributed by atoms with Crippen molar-refractivity contribution in [3.8, 4) is 0 Å². The van der Waals surface area contributed by atoms with Gasteiger partial charge in [0.05, 0.1) is 24.1 Å². The lowest BCUT2D eigenvalue weighted by Crippen LogP contribution is -2.46. The van der Waals surface area contributed by atoms with Gasteiger partial charge in [0.2, 0.25) is 0 Å². The van der Waals surface area contributed by atoms with Gasteiger partial charge in [-0.25, -0.2) is 4.98 Å². The maximum atomic E-state index is 12.8. The molecule has 1 saturated heterocycles. The van der Waals surface area contributed by atoms with Crippen LogP contribution in [0.1, 0.15) is 58.7 Å². The number of carbonyl (C=O) groups is 2. The molecule has 2 aliphatic rings. The van der Waals surface area contributed by atoms with Crippen LogP contribution in [0.15, 0.2) is 60.8 Å². The number of amides is 1. The first kappa shape index (κ1) is 25.9. The number of halogens is 1. The minimum atomic E-state index is -0.442. The Labute approximate surface area is 218 Å². The van der Waals surface area contributed by atoms with Gasteiger partial charge >= 0.3 is 5.97 Å². The first-order valence-corrected chi connectivity index (χ1v) is 12.4. The van der Waals surface area contributed by atoms with E-state index in [1.807, 2.05) is 41.8 Å². The zero-order valence-electron chi connectivity index (χ0n) is 20.6. The molecule has 0 bridgehead atoms. The van der Waals surface area contributed by atoms with Crippen LogP contribution in [-0.4, -0.2) is 52.6 Å². The van der Waals surface area contributed by atoms with Crippen LogP contribution in [0, 0.1) is 0 Å². The monoisotopic (exact) mass is 508 g/mol. The number of carbonyl (C=O) groups excluding carboxylic acids is 2. The van der Waals surface area contributed by atoms with E-state index in [9.17, 15) is 9.59 Å². The summed E-state index contributed by atoms with van der Waals surface area (Å²) in [6.07, 6.45) is 4.17. The molecule has 36 heavy (non-hydrogen) atoms. The summed E-state index contributed by atoms with van der Waals surface area (Å²) in [5, 5.41) is 0. The van der Waals surface area contributed by atoms with Crippen LogP contribution in [0.4, 0.5) is 0 Å². The quantitative estimate of drug-likeness (QED) is 0.513. The van der Waals surface area contributed by atoms with Crippen LogP contribution in [-0.2, 0) is 27.9 Å². The minimum Gasteiger partial charge on any atom is -0.465 e. The molecule has 5 rings (SSSR count). The number of rotatable bonds is 6. The van der Waals surface area contributed by atoms with Crippen LogP contribution < -0.4 is 5.73 Å². The van der Waals surface area contributed by atoms with Crippen LogP contribution in [0.5, 0.6) is 0 Å². The van der Waals surface area contributed by atoms with Gasteiger partial charge in [0.1, 0.15) is 11.5 Å². The Morgan fingerprint density at radius 1 is 1.06 bits per heavy atom. The second-order valence-electron chi connectivity index (χ2n) is 9.49. The molecule has 190 valence electrons. The Balaban J connectivity index is 0.00000304. The van der Waals surface area contributed by atoms with Crippen molar-refractivity contribution < 1.29 is 14.3 Å². The number of aromatic nitrogens is 2. The van der Waals surface area contributed by atoms with Gasteiger partial charge in [0.25, 0.3) is 5.91 Å². The smallest absolute Gasteiger partial charge is 0.314 e. The number of piperidine rings is 1. The number of ether oxygens (including phenoxy) is 1. The van der Waals surface area contributed by atoms with Crippen molar-refractivity contribution in [3.63, 3.8) is 0 Å². The summed E-state index contributed by atoms with van der Waals surface area (Å²) in [6.45, 7) is 5.14. The third kappa shape index (κ3) is 4.65. The van der Waals surface area contributed by atoms with Crippen LogP contribution >= 0.6 is 12.4 Å². The Morgan fingerprint density at radius 3 is 2.44 bits per heavy atom. The third-order valence-electron chi connectivity index (χ3n) is 7.60. The maximum absolute atomic E-state index is 12.8. The van der Waals surface area contributed by atoms with Gasteiger partial charge < -0.3 is 19.9 Å². The van der Waals surface area contributed by atoms with E-state index in [-0.39, 0.29) is 29.7 Å². The fourth-order valence-corrected chi connectivity index (χ4v) is 5.85. The van der Waals surface area contributed by atoms with E-state index in [1.165, 1.54) is 11.1 Å². The average Bonchev–Trinajstić information content (AvgIpc) is 3.27. The normalized spacial score (nSPS) is 17.2. The molecule has 2 aromatic carbocycles. The molecule has 7 nitrogen and oxygen atoms in total. The molecule has 1 unspecified atom stereocenters. The largest absolute Gasteiger partial charge is 0.465 e. The number of hydrogen-bond donors (Lipinski definition) is 1. The molecule has 0 aliphatic carbocycles. The Kier molecular flexibility index (Phi) is 7.81. The molecule has 1 amide bonds. The van der Waals surface area contributed by atoms with Gasteiger partial charge in [-0.1, -0.05) is 54.6 Å². The highest BCUT2D eigenvalue weighted by molar-refractivity contribution is 5.91. The van der Waals surface area contributed by atoms with Crippen molar-refractivity contribution >= 4 is 24.3 Å². The number of aryl methyl sites for hydroxylation is 1. The lowest BCUT2D eigenvalue weighted by molar-refractivity contribution is -0.145. The molecule has 1 atom stereocenters. The van der Waals surface area contributed by atoms with Gasteiger partial charge in [-0.15, -0.1) is 12.4 Å². The summed E-state index contributed by atoms with van der Waals surface area (Å²) in [5.41, 5.74) is 9.45. The highest BCUT2D eigenvalue weighted by Crippen LogP contribution is 2.45. The second kappa shape index (κ2) is 10.8.